The average Bonchev–Trinajstić information content (AvgIpc) is 3.29. The fourth-order valence-corrected chi connectivity index (χ4v) is 4.82. The zero-order valence-corrected chi connectivity index (χ0v) is 19.4. The van der Waals surface area contributed by atoms with Gasteiger partial charge in [-0.05, 0) is 69.7 Å². The molecule has 5 rings (SSSR count). The van der Waals surface area contributed by atoms with Gasteiger partial charge in [0.25, 0.3) is 0 Å². The van der Waals surface area contributed by atoms with Crippen molar-refractivity contribution in [3.63, 3.8) is 0 Å². The highest BCUT2D eigenvalue weighted by atomic mass is 16.2. The van der Waals surface area contributed by atoms with Gasteiger partial charge >= 0.3 is 0 Å². The van der Waals surface area contributed by atoms with Gasteiger partial charge in [0.2, 0.25) is 5.95 Å². The smallest absolute Gasteiger partial charge is 0.227 e. The van der Waals surface area contributed by atoms with Crippen LogP contribution in [0.3, 0.4) is 0 Å². The Hall–Kier alpha value is -3.19. The molecule has 0 spiro atoms. The van der Waals surface area contributed by atoms with Crippen molar-refractivity contribution in [3.8, 4) is 0 Å². The minimum atomic E-state index is 0.256. The highest BCUT2D eigenvalue weighted by molar-refractivity contribution is 6.03. The van der Waals surface area contributed by atoms with Crippen LogP contribution in [0.2, 0.25) is 0 Å². The van der Waals surface area contributed by atoms with Crippen molar-refractivity contribution in [1.29, 1.82) is 0 Å². The van der Waals surface area contributed by atoms with E-state index in [0.717, 1.165) is 59.3 Å². The van der Waals surface area contributed by atoms with E-state index in [1.807, 2.05) is 17.1 Å². The van der Waals surface area contributed by atoms with Crippen LogP contribution in [-0.2, 0) is 0 Å². The molecule has 1 fully saturated rings. The Balaban J connectivity index is 1.32. The Morgan fingerprint density at radius 1 is 1.03 bits per heavy atom. The van der Waals surface area contributed by atoms with Gasteiger partial charge in [-0.15, -0.1) is 0 Å². The van der Waals surface area contributed by atoms with Gasteiger partial charge in [0.15, 0.2) is 0 Å². The number of nitrogens with zero attached hydrogens (tertiary/aromatic N) is 5. The summed E-state index contributed by atoms with van der Waals surface area (Å²) in [4.78, 5) is 11.8. The first kappa shape index (κ1) is 21.6. The van der Waals surface area contributed by atoms with E-state index >= 15 is 0 Å². The lowest BCUT2D eigenvalue weighted by Crippen LogP contribution is -2.33. The zero-order chi connectivity index (χ0) is 22.8. The second kappa shape index (κ2) is 9.35. The minimum absolute atomic E-state index is 0.256. The van der Waals surface area contributed by atoms with Crippen molar-refractivity contribution in [2.24, 2.45) is 5.92 Å². The molecule has 0 radical (unpaired) electrons. The maximum absolute atomic E-state index is 9.05. The molecule has 0 amide bonds. The fourth-order valence-electron chi connectivity index (χ4n) is 4.82. The Bertz CT molecular complexity index is 1220. The van der Waals surface area contributed by atoms with Crippen LogP contribution < -0.4 is 10.2 Å². The van der Waals surface area contributed by atoms with Crippen molar-refractivity contribution in [2.75, 3.05) is 29.9 Å². The normalized spacial score (nSPS) is 15.1. The number of hydrogen-bond acceptors (Lipinski definition) is 6. The molecule has 33 heavy (non-hydrogen) atoms. The maximum atomic E-state index is 9.05. The van der Waals surface area contributed by atoms with Gasteiger partial charge in [-0.1, -0.05) is 12.1 Å². The molecule has 172 valence electrons. The van der Waals surface area contributed by atoms with E-state index in [4.69, 9.17) is 10.1 Å². The summed E-state index contributed by atoms with van der Waals surface area (Å²) in [6.45, 7) is 6.73. The molecule has 0 saturated carbocycles. The molecule has 7 heteroatoms. The Morgan fingerprint density at radius 3 is 2.52 bits per heavy atom. The molecule has 0 unspecified atom stereocenters. The van der Waals surface area contributed by atoms with Crippen molar-refractivity contribution in [2.45, 2.75) is 45.6 Å². The SMILES string of the molecule is CC(C)n1ncc2ccc3cnc(Nc4ccc(N5CCC(CCCO)CC5)cc4)nc3c21. The number of nitrogens with one attached hydrogen (secondary N) is 1. The number of aromatic nitrogens is 4. The third-order valence-corrected chi connectivity index (χ3v) is 6.67. The van der Waals surface area contributed by atoms with Crippen molar-refractivity contribution in [3.05, 3.63) is 48.8 Å². The average molecular weight is 445 g/mol. The molecule has 2 aromatic heterocycles. The van der Waals surface area contributed by atoms with E-state index in [2.05, 4.69) is 70.5 Å². The zero-order valence-electron chi connectivity index (χ0n) is 19.4. The van der Waals surface area contributed by atoms with Crippen LogP contribution in [0.4, 0.5) is 17.3 Å². The quantitative estimate of drug-likeness (QED) is 0.403. The molecular weight excluding hydrogens is 412 g/mol. The molecule has 3 heterocycles. The second-order valence-electron chi connectivity index (χ2n) is 9.29. The summed E-state index contributed by atoms with van der Waals surface area (Å²) in [5.74, 6) is 1.34. The monoisotopic (exact) mass is 444 g/mol. The summed E-state index contributed by atoms with van der Waals surface area (Å²) in [6.07, 6.45) is 8.24. The molecule has 0 aliphatic carbocycles. The van der Waals surface area contributed by atoms with Crippen LogP contribution in [-0.4, -0.2) is 44.6 Å². The van der Waals surface area contributed by atoms with Crippen molar-refractivity contribution in [1.82, 2.24) is 19.7 Å². The molecule has 1 saturated heterocycles. The number of hydrogen-bond donors (Lipinski definition) is 2. The van der Waals surface area contributed by atoms with Gasteiger partial charge in [0, 0.05) is 54.1 Å². The first-order valence-corrected chi connectivity index (χ1v) is 12.0. The van der Waals surface area contributed by atoms with Crippen LogP contribution in [0.5, 0.6) is 0 Å². The summed E-state index contributed by atoms with van der Waals surface area (Å²) >= 11 is 0. The lowest BCUT2D eigenvalue weighted by Gasteiger charge is -2.33. The minimum Gasteiger partial charge on any atom is -0.396 e. The second-order valence-corrected chi connectivity index (χ2v) is 9.29. The number of benzene rings is 2. The Labute approximate surface area is 194 Å². The van der Waals surface area contributed by atoms with Crippen molar-refractivity contribution >= 4 is 39.1 Å². The summed E-state index contributed by atoms with van der Waals surface area (Å²) < 4.78 is 2.02. The predicted octanol–water partition coefficient (Wildman–Crippen LogP) is 5.29. The van der Waals surface area contributed by atoms with Gasteiger partial charge in [-0.2, -0.15) is 5.10 Å². The highest BCUT2D eigenvalue weighted by Crippen LogP contribution is 2.29. The lowest BCUT2D eigenvalue weighted by atomic mass is 9.92. The molecule has 4 aromatic rings. The Morgan fingerprint density at radius 2 is 1.79 bits per heavy atom. The van der Waals surface area contributed by atoms with Gasteiger partial charge < -0.3 is 15.3 Å². The molecule has 2 aromatic carbocycles. The molecule has 1 aliphatic rings. The molecule has 0 bridgehead atoms. The van der Waals surface area contributed by atoms with Crippen LogP contribution in [0.25, 0.3) is 21.8 Å². The van der Waals surface area contributed by atoms with Crippen LogP contribution in [0.1, 0.15) is 45.6 Å². The maximum Gasteiger partial charge on any atom is 0.227 e. The standard InChI is InChI=1S/C26H32N6O/c1-18(2)32-25-21(17-28-32)6-5-20-16-27-26(30-24(20)25)29-22-7-9-23(10-8-22)31-13-11-19(12-14-31)4-3-15-33/h5-10,16-19,33H,3-4,11-15H2,1-2H3,(H,27,29,30). The summed E-state index contributed by atoms with van der Waals surface area (Å²) in [7, 11) is 0. The molecular formula is C26H32N6O. The summed E-state index contributed by atoms with van der Waals surface area (Å²) in [6, 6.07) is 12.9. The van der Waals surface area contributed by atoms with Crippen molar-refractivity contribution < 1.29 is 5.11 Å². The van der Waals surface area contributed by atoms with Gasteiger partial charge in [0.05, 0.1) is 11.7 Å². The van der Waals surface area contributed by atoms with E-state index in [-0.39, 0.29) is 6.04 Å². The summed E-state index contributed by atoms with van der Waals surface area (Å²) in [5, 5.41) is 19.1. The number of rotatable bonds is 7. The summed E-state index contributed by atoms with van der Waals surface area (Å²) in [5.41, 5.74) is 4.19. The largest absolute Gasteiger partial charge is 0.396 e. The molecule has 7 nitrogen and oxygen atoms in total. The fraction of sp³-hybridized carbons (Fsp3) is 0.423. The van der Waals surface area contributed by atoms with E-state index in [0.29, 0.717) is 12.6 Å². The van der Waals surface area contributed by atoms with E-state index in [9.17, 15) is 0 Å². The van der Waals surface area contributed by atoms with Crippen LogP contribution in [0.15, 0.2) is 48.8 Å². The van der Waals surface area contributed by atoms with Gasteiger partial charge in [-0.3, -0.25) is 4.68 Å². The topological polar surface area (TPSA) is 79.1 Å². The third kappa shape index (κ3) is 4.50. The van der Waals surface area contributed by atoms with Gasteiger partial charge in [-0.25, -0.2) is 9.97 Å². The predicted molar refractivity (Wildman–Crippen MR) is 134 cm³/mol. The van der Waals surface area contributed by atoms with E-state index in [1.165, 1.54) is 18.5 Å². The number of fused-ring (bicyclic) bond motifs is 3. The third-order valence-electron chi connectivity index (χ3n) is 6.67. The molecule has 1 aliphatic heterocycles. The van der Waals surface area contributed by atoms with E-state index in [1.54, 1.807) is 0 Å². The van der Waals surface area contributed by atoms with Crippen LogP contribution >= 0.6 is 0 Å². The van der Waals surface area contributed by atoms with E-state index < -0.39 is 0 Å². The Kier molecular flexibility index (Phi) is 6.13. The highest BCUT2D eigenvalue weighted by Gasteiger charge is 2.19. The van der Waals surface area contributed by atoms with Gasteiger partial charge in [0.1, 0.15) is 5.52 Å². The number of aliphatic hydroxyl groups is 1. The number of anilines is 3. The lowest BCUT2D eigenvalue weighted by molar-refractivity contribution is 0.261. The molecule has 0 atom stereocenters. The first-order valence-electron chi connectivity index (χ1n) is 12.0. The van der Waals surface area contributed by atoms with Crippen LogP contribution in [0, 0.1) is 5.92 Å². The number of piperidine rings is 1. The number of aliphatic hydroxyl groups excluding tert-OH is 1. The molecule has 2 N–H and O–H groups in total. The first-order chi connectivity index (χ1) is 16.1.